The third-order valence-corrected chi connectivity index (χ3v) is 2.70. The van der Waals surface area contributed by atoms with Crippen molar-refractivity contribution in [3.63, 3.8) is 0 Å². The molecule has 0 aliphatic carbocycles. The molecule has 1 N–H and O–H groups in total. The van der Waals surface area contributed by atoms with E-state index in [4.69, 9.17) is 9.15 Å². The third kappa shape index (κ3) is 3.04. The maximum absolute atomic E-state index is 5.44. The fourth-order valence-corrected chi connectivity index (χ4v) is 1.91. The lowest BCUT2D eigenvalue weighted by molar-refractivity contribution is 0.0924. The summed E-state index contributed by atoms with van der Waals surface area (Å²) in [6.07, 6.45) is 1.63. The highest BCUT2D eigenvalue weighted by molar-refractivity contribution is 7.15. The van der Waals surface area contributed by atoms with Crippen LogP contribution in [0.3, 0.4) is 0 Å². The maximum Gasteiger partial charge on any atom is 0.205 e. The number of hydrogen-bond donors (Lipinski definition) is 1. The van der Waals surface area contributed by atoms with Gasteiger partial charge in [-0.05, 0) is 19.1 Å². The number of hydrogen-bond acceptors (Lipinski definition) is 6. The number of nitrogens with one attached hydrogen (secondary N) is 1. The Morgan fingerprint density at radius 2 is 2.38 bits per heavy atom. The Bertz CT molecular complexity index is 413. The summed E-state index contributed by atoms with van der Waals surface area (Å²) >= 11 is 1.51. The van der Waals surface area contributed by atoms with Crippen molar-refractivity contribution in [2.45, 2.75) is 20.1 Å². The molecule has 0 fully saturated rings. The van der Waals surface area contributed by atoms with Crippen molar-refractivity contribution < 1.29 is 9.15 Å². The van der Waals surface area contributed by atoms with Crippen LogP contribution in [0.4, 0.5) is 5.13 Å². The minimum absolute atomic E-state index is 0.461. The molecule has 6 heteroatoms. The van der Waals surface area contributed by atoms with Crippen molar-refractivity contribution in [2.75, 3.05) is 11.9 Å². The van der Waals surface area contributed by atoms with E-state index >= 15 is 0 Å². The van der Waals surface area contributed by atoms with Gasteiger partial charge in [0.1, 0.15) is 24.0 Å². The summed E-state index contributed by atoms with van der Waals surface area (Å²) in [5.41, 5.74) is 0. The second kappa shape index (κ2) is 5.62. The first kappa shape index (κ1) is 11.1. The Morgan fingerprint density at radius 1 is 1.44 bits per heavy atom. The number of anilines is 1. The summed E-state index contributed by atoms with van der Waals surface area (Å²) in [7, 11) is 0. The molecule has 0 aliphatic rings. The van der Waals surface area contributed by atoms with Gasteiger partial charge < -0.3 is 14.5 Å². The number of rotatable bonds is 6. The molecule has 0 spiro atoms. The van der Waals surface area contributed by atoms with E-state index in [1.807, 2.05) is 19.1 Å². The molecule has 2 aromatic heterocycles. The van der Waals surface area contributed by atoms with Gasteiger partial charge in [-0.1, -0.05) is 11.3 Å². The highest BCUT2D eigenvalue weighted by atomic mass is 32.1. The minimum atomic E-state index is 0.461. The Balaban J connectivity index is 1.76. The summed E-state index contributed by atoms with van der Waals surface area (Å²) in [6, 6.07) is 3.72. The molecule has 0 radical (unpaired) electrons. The fourth-order valence-electron chi connectivity index (χ4n) is 1.17. The minimum Gasteiger partial charge on any atom is -0.467 e. The molecule has 0 amide bonds. The van der Waals surface area contributed by atoms with Crippen molar-refractivity contribution in [3.8, 4) is 0 Å². The topological polar surface area (TPSA) is 60.2 Å². The van der Waals surface area contributed by atoms with Crippen molar-refractivity contribution >= 4 is 16.5 Å². The highest BCUT2D eigenvalue weighted by Crippen LogP contribution is 2.16. The molecule has 5 nitrogen and oxygen atoms in total. The maximum atomic E-state index is 5.44. The monoisotopic (exact) mass is 239 g/mol. The molecule has 2 aromatic rings. The van der Waals surface area contributed by atoms with Crippen LogP contribution >= 0.6 is 11.3 Å². The van der Waals surface area contributed by atoms with E-state index in [-0.39, 0.29) is 0 Å². The molecular weight excluding hydrogens is 226 g/mol. The van der Waals surface area contributed by atoms with Crippen LogP contribution in [0.2, 0.25) is 0 Å². The zero-order valence-electron chi connectivity index (χ0n) is 8.97. The average molecular weight is 239 g/mol. The Hall–Kier alpha value is -1.40. The van der Waals surface area contributed by atoms with Gasteiger partial charge in [0.05, 0.1) is 6.26 Å². The summed E-state index contributed by atoms with van der Waals surface area (Å²) < 4.78 is 10.6. The fraction of sp³-hybridized carbons (Fsp3) is 0.400. The van der Waals surface area contributed by atoms with E-state index in [1.54, 1.807) is 6.26 Å². The van der Waals surface area contributed by atoms with E-state index in [2.05, 4.69) is 15.5 Å². The first-order chi connectivity index (χ1) is 7.88. The van der Waals surface area contributed by atoms with Crippen LogP contribution in [0.1, 0.15) is 17.7 Å². The zero-order chi connectivity index (χ0) is 11.2. The quantitative estimate of drug-likeness (QED) is 0.838. The van der Waals surface area contributed by atoms with Gasteiger partial charge in [-0.2, -0.15) is 0 Å². The van der Waals surface area contributed by atoms with Gasteiger partial charge in [0.25, 0.3) is 0 Å². The molecule has 0 aliphatic heterocycles. The number of aromatic nitrogens is 2. The normalized spacial score (nSPS) is 10.6. The molecule has 0 atom stereocenters. The largest absolute Gasteiger partial charge is 0.467 e. The van der Waals surface area contributed by atoms with Crippen LogP contribution < -0.4 is 5.32 Å². The molecule has 0 bridgehead atoms. The van der Waals surface area contributed by atoms with E-state index in [1.165, 1.54) is 11.3 Å². The molecule has 16 heavy (non-hydrogen) atoms. The lowest BCUT2D eigenvalue weighted by Crippen LogP contribution is -1.94. The second-order valence-electron chi connectivity index (χ2n) is 3.10. The van der Waals surface area contributed by atoms with E-state index in [9.17, 15) is 0 Å². The van der Waals surface area contributed by atoms with Gasteiger partial charge in [-0.3, -0.25) is 0 Å². The lowest BCUT2D eigenvalue weighted by Gasteiger charge is -1.97. The van der Waals surface area contributed by atoms with Gasteiger partial charge in [0.2, 0.25) is 5.13 Å². The summed E-state index contributed by atoms with van der Waals surface area (Å²) in [6.45, 7) is 3.79. The number of furan rings is 1. The lowest BCUT2D eigenvalue weighted by atomic mass is 10.5. The second-order valence-corrected chi connectivity index (χ2v) is 4.17. The van der Waals surface area contributed by atoms with Crippen molar-refractivity contribution in [2.24, 2.45) is 0 Å². The smallest absolute Gasteiger partial charge is 0.205 e. The average Bonchev–Trinajstić information content (AvgIpc) is 2.90. The van der Waals surface area contributed by atoms with Gasteiger partial charge >= 0.3 is 0 Å². The Labute approximate surface area is 97.5 Å². The van der Waals surface area contributed by atoms with Gasteiger partial charge in [-0.15, -0.1) is 10.2 Å². The summed E-state index contributed by atoms with van der Waals surface area (Å²) in [5.74, 6) is 0.816. The van der Waals surface area contributed by atoms with E-state index < -0.39 is 0 Å². The van der Waals surface area contributed by atoms with Gasteiger partial charge in [0.15, 0.2) is 0 Å². The Kier molecular flexibility index (Phi) is 3.90. The Morgan fingerprint density at radius 3 is 3.12 bits per heavy atom. The number of ether oxygens (including phenoxy) is 1. The van der Waals surface area contributed by atoms with Crippen LogP contribution in [0.25, 0.3) is 0 Å². The molecule has 0 saturated carbocycles. The standard InChI is InChI=1S/C10H13N3O2S/c1-2-11-10-13-12-9(16-10)7-14-6-8-4-3-5-15-8/h3-5H,2,6-7H2,1H3,(H,11,13). The van der Waals surface area contributed by atoms with E-state index in [0.29, 0.717) is 13.2 Å². The van der Waals surface area contributed by atoms with Crippen LogP contribution in [-0.2, 0) is 18.0 Å². The zero-order valence-corrected chi connectivity index (χ0v) is 9.79. The third-order valence-electron chi connectivity index (χ3n) is 1.84. The predicted molar refractivity (Wildman–Crippen MR) is 61.3 cm³/mol. The molecule has 86 valence electrons. The molecule has 0 saturated heterocycles. The van der Waals surface area contributed by atoms with Crippen molar-refractivity contribution in [3.05, 3.63) is 29.2 Å². The molecular formula is C10H13N3O2S. The first-order valence-corrected chi connectivity index (χ1v) is 5.86. The van der Waals surface area contributed by atoms with Gasteiger partial charge in [-0.25, -0.2) is 0 Å². The van der Waals surface area contributed by atoms with Crippen molar-refractivity contribution in [1.29, 1.82) is 0 Å². The first-order valence-electron chi connectivity index (χ1n) is 5.05. The SMILES string of the molecule is CCNc1nnc(COCc2ccco2)s1. The van der Waals surface area contributed by atoms with Crippen LogP contribution in [0, 0.1) is 0 Å². The van der Waals surface area contributed by atoms with Crippen LogP contribution in [0.5, 0.6) is 0 Å². The molecule has 2 rings (SSSR count). The molecule has 0 aromatic carbocycles. The number of nitrogens with zero attached hydrogens (tertiary/aromatic N) is 2. The van der Waals surface area contributed by atoms with E-state index in [0.717, 1.165) is 22.4 Å². The predicted octanol–water partition coefficient (Wildman–Crippen LogP) is 2.28. The van der Waals surface area contributed by atoms with Crippen molar-refractivity contribution in [1.82, 2.24) is 10.2 Å². The van der Waals surface area contributed by atoms with Crippen LogP contribution in [-0.4, -0.2) is 16.7 Å². The van der Waals surface area contributed by atoms with Gasteiger partial charge in [0, 0.05) is 6.54 Å². The molecule has 0 unspecified atom stereocenters. The summed E-state index contributed by atoms with van der Waals surface area (Å²) in [4.78, 5) is 0. The summed E-state index contributed by atoms with van der Waals surface area (Å²) in [5, 5.41) is 12.8. The van der Waals surface area contributed by atoms with Crippen LogP contribution in [0.15, 0.2) is 22.8 Å². The highest BCUT2D eigenvalue weighted by Gasteiger charge is 2.03. The molecule has 2 heterocycles.